The Kier molecular flexibility index (Phi) is 10.6. The van der Waals surface area contributed by atoms with Crippen LogP contribution in [-0.4, -0.2) is 5.38 Å². The van der Waals surface area contributed by atoms with Gasteiger partial charge in [-0.3, -0.25) is 0 Å². The first-order valence-corrected chi connectivity index (χ1v) is 6.39. The predicted molar refractivity (Wildman–Crippen MR) is 62.5 cm³/mol. The monoisotopic (exact) mass is 204 g/mol. The highest BCUT2D eigenvalue weighted by Gasteiger charge is 2.08. The Bertz CT molecular complexity index is 81.1. The van der Waals surface area contributed by atoms with Crippen LogP contribution in [0.4, 0.5) is 0 Å². The molecule has 0 bridgehead atoms. The van der Waals surface area contributed by atoms with Crippen molar-refractivity contribution >= 4 is 11.6 Å². The van der Waals surface area contributed by atoms with E-state index in [-0.39, 0.29) is 0 Å². The van der Waals surface area contributed by atoms with Gasteiger partial charge in [0.05, 0.1) is 0 Å². The van der Waals surface area contributed by atoms with Crippen LogP contribution in [0.3, 0.4) is 0 Å². The molecule has 80 valence electrons. The van der Waals surface area contributed by atoms with Crippen molar-refractivity contribution in [3.63, 3.8) is 0 Å². The summed E-state index contributed by atoms with van der Waals surface area (Å²) in [5.74, 6) is 0. The van der Waals surface area contributed by atoms with E-state index in [1.807, 2.05) is 0 Å². The summed E-state index contributed by atoms with van der Waals surface area (Å²) >= 11 is 5.82. The fourth-order valence-electron chi connectivity index (χ4n) is 1.55. The van der Waals surface area contributed by atoms with Crippen LogP contribution in [0.25, 0.3) is 0 Å². The summed E-state index contributed by atoms with van der Waals surface area (Å²) < 4.78 is 0. The molecule has 0 aromatic heterocycles. The van der Waals surface area contributed by atoms with Crippen molar-refractivity contribution in [3.8, 4) is 0 Å². The summed E-state index contributed by atoms with van der Waals surface area (Å²) in [4.78, 5) is 0. The first-order valence-electron chi connectivity index (χ1n) is 5.95. The van der Waals surface area contributed by atoms with E-state index < -0.39 is 0 Å². The topological polar surface area (TPSA) is 0 Å². The highest BCUT2D eigenvalue weighted by Crippen LogP contribution is 2.21. The first kappa shape index (κ1) is 13.3. The molecule has 0 saturated heterocycles. The van der Waals surface area contributed by atoms with Gasteiger partial charge in [0.25, 0.3) is 0 Å². The van der Waals surface area contributed by atoms with E-state index in [0.29, 0.717) is 5.38 Å². The summed E-state index contributed by atoms with van der Waals surface area (Å²) in [6.45, 7) is 4.46. The predicted octanol–water partition coefficient (Wildman–Crippen LogP) is 5.14. The summed E-state index contributed by atoms with van der Waals surface area (Å²) in [5, 5.41) is 0.508. The molecule has 1 rings (SSSR count). The fourth-order valence-corrected chi connectivity index (χ4v) is 1.86. The number of hydrogen-bond donors (Lipinski definition) is 0. The highest BCUT2D eigenvalue weighted by atomic mass is 35.5. The van der Waals surface area contributed by atoms with Gasteiger partial charge in [-0.1, -0.05) is 58.8 Å². The molecular formula is C12H25Cl. The third-order valence-electron chi connectivity index (χ3n) is 2.49. The zero-order valence-electron chi connectivity index (χ0n) is 9.32. The Morgan fingerprint density at radius 1 is 0.923 bits per heavy atom. The van der Waals surface area contributed by atoms with E-state index in [1.54, 1.807) is 0 Å². The van der Waals surface area contributed by atoms with Crippen LogP contribution in [0, 0.1) is 0 Å². The highest BCUT2D eigenvalue weighted by molar-refractivity contribution is 6.20. The van der Waals surface area contributed by atoms with Crippen LogP contribution in [0.1, 0.15) is 71.6 Å². The minimum Gasteiger partial charge on any atom is -0.123 e. The summed E-state index contributed by atoms with van der Waals surface area (Å²) in [6, 6.07) is 0. The largest absolute Gasteiger partial charge is 0.123 e. The van der Waals surface area contributed by atoms with Gasteiger partial charge in [-0.05, 0) is 12.8 Å². The van der Waals surface area contributed by atoms with Gasteiger partial charge in [0.15, 0.2) is 0 Å². The minimum absolute atomic E-state index is 0.508. The SMILES string of the molecule is CCCCCC.ClC1CCCCC1. The number of hydrogen-bond acceptors (Lipinski definition) is 0. The Balaban J connectivity index is 0.000000226. The minimum atomic E-state index is 0.508. The maximum absolute atomic E-state index is 5.82. The molecular weight excluding hydrogens is 180 g/mol. The quantitative estimate of drug-likeness (QED) is 0.441. The molecule has 0 spiro atoms. The number of alkyl halides is 1. The zero-order chi connectivity index (χ0) is 9.94. The molecule has 0 aliphatic heterocycles. The number of rotatable bonds is 3. The van der Waals surface area contributed by atoms with Gasteiger partial charge in [-0.15, -0.1) is 11.6 Å². The molecule has 1 saturated carbocycles. The van der Waals surface area contributed by atoms with Gasteiger partial charge in [0.1, 0.15) is 0 Å². The lowest BCUT2D eigenvalue weighted by atomic mass is 10.0. The molecule has 1 aliphatic rings. The van der Waals surface area contributed by atoms with Gasteiger partial charge in [-0.2, -0.15) is 0 Å². The third-order valence-corrected chi connectivity index (χ3v) is 2.93. The number of unbranched alkanes of at least 4 members (excludes halogenated alkanes) is 3. The van der Waals surface area contributed by atoms with Crippen molar-refractivity contribution in [2.24, 2.45) is 0 Å². The molecule has 0 aromatic rings. The van der Waals surface area contributed by atoms with Gasteiger partial charge in [0, 0.05) is 5.38 Å². The van der Waals surface area contributed by atoms with E-state index in [4.69, 9.17) is 11.6 Å². The molecule has 0 nitrogen and oxygen atoms in total. The van der Waals surface area contributed by atoms with E-state index >= 15 is 0 Å². The smallest absolute Gasteiger partial charge is 0.0336 e. The average Bonchev–Trinajstić information content (AvgIpc) is 2.17. The van der Waals surface area contributed by atoms with Crippen molar-refractivity contribution in [1.29, 1.82) is 0 Å². The normalized spacial score (nSPS) is 17.8. The van der Waals surface area contributed by atoms with Crippen molar-refractivity contribution in [2.75, 3.05) is 0 Å². The Morgan fingerprint density at radius 2 is 1.38 bits per heavy atom. The summed E-state index contributed by atoms with van der Waals surface area (Å²) in [5.41, 5.74) is 0. The van der Waals surface area contributed by atoms with Crippen molar-refractivity contribution in [2.45, 2.75) is 77.0 Å². The molecule has 0 radical (unpaired) electrons. The molecule has 0 amide bonds. The second-order valence-corrected chi connectivity index (χ2v) is 4.56. The third kappa shape index (κ3) is 10.2. The maximum Gasteiger partial charge on any atom is 0.0336 e. The van der Waals surface area contributed by atoms with Crippen LogP contribution in [-0.2, 0) is 0 Å². The Morgan fingerprint density at radius 3 is 1.62 bits per heavy atom. The van der Waals surface area contributed by atoms with E-state index in [9.17, 15) is 0 Å². The molecule has 0 N–H and O–H groups in total. The molecule has 1 aliphatic carbocycles. The van der Waals surface area contributed by atoms with Crippen LogP contribution < -0.4 is 0 Å². The Hall–Kier alpha value is 0.290. The number of halogens is 1. The molecule has 0 heterocycles. The molecule has 1 heteroatoms. The van der Waals surface area contributed by atoms with Crippen LogP contribution >= 0.6 is 11.6 Å². The molecule has 0 unspecified atom stereocenters. The second-order valence-electron chi connectivity index (χ2n) is 3.94. The lowest BCUT2D eigenvalue weighted by molar-refractivity contribution is 0.511. The summed E-state index contributed by atoms with van der Waals surface area (Å²) in [6.07, 6.45) is 12.2. The molecule has 13 heavy (non-hydrogen) atoms. The van der Waals surface area contributed by atoms with Crippen molar-refractivity contribution in [1.82, 2.24) is 0 Å². The summed E-state index contributed by atoms with van der Waals surface area (Å²) in [7, 11) is 0. The molecule has 0 atom stereocenters. The average molecular weight is 205 g/mol. The van der Waals surface area contributed by atoms with E-state index in [2.05, 4.69) is 13.8 Å². The molecule has 1 fully saturated rings. The standard InChI is InChI=1S/C6H11Cl.C6H14/c7-6-4-2-1-3-5-6;1-3-5-6-4-2/h6H,1-5H2;3-6H2,1-2H3. The lowest BCUT2D eigenvalue weighted by Crippen LogP contribution is -2.03. The lowest BCUT2D eigenvalue weighted by Gasteiger charge is -2.13. The van der Waals surface area contributed by atoms with Gasteiger partial charge >= 0.3 is 0 Å². The van der Waals surface area contributed by atoms with Crippen LogP contribution in [0.5, 0.6) is 0 Å². The van der Waals surface area contributed by atoms with E-state index in [0.717, 1.165) is 0 Å². The fraction of sp³-hybridized carbons (Fsp3) is 1.00. The van der Waals surface area contributed by atoms with Crippen molar-refractivity contribution < 1.29 is 0 Å². The van der Waals surface area contributed by atoms with Gasteiger partial charge in [-0.25, -0.2) is 0 Å². The molecule has 0 aromatic carbocycles. The maximum atomic E-state index is 5.82. The van der Waals surface area contributed by atoms with Crippen LogP contribution in [0.2, 0.25) is 0 Å². The van der Waals surface area contributed by atoms with E-state index in [1.165, 1.54) is 57.8 Å². The van der Waals surface area contributed by atoms with Crippen LogP contribution in [0.15, 0.2) is 0 Å². The zero-order valence-corrected chi connectivity index (χ0v) is 10.1. The van der Waals surface area contributed by atoms with Gasteiger partial charge < -0.3 is 0 Å². The second kappa shape index (κ2) is 10.4. The van der Waals surface area contributed by atoms with Crippen molar-refractivity contribution in [3.05, 3.63) is 0 Å². The first-order chi connectivity index (χ1) is 6.31. The Labute approximate surface area is 89.1 Å². The van der Waals surface area contributed by atoms with Gasteiger partial charge in [0.2, 0.25) is 0 Å².